The Morgan fingerprint density at radius 3 is 1.14 bits per heavy atom. The van der Waals surface area contributed by atoms with E-state index in [1.165, 1.54) is 0 Å². The first-order valence-corrected chi connectivity index (χ1v) is 18.9. The highest BCUT2D eigenvalue weighted by atomic mass is 15.0. The first kappa shape index (κ1) is 33.6. The molecule has 10 aromatic rings. The molecule has 0 saturated heterocycles. The molecule has 5 heteroatoms. The van der Waals surface area contributed by atoms with Crippen molar-refractivity contribution in [2.45, 2.75) is 0 Å². The fraction of sp³-hybridized carbons (Fsp3) is 0. The molecule has 266 valence electrons. The van der Waals surface area contributed by atoms with E-state index in [1.54, 1.807) is 0 Å². The highest BCUT2D eigenvalue weighted by Crippen LogP contribution is 2.37. The molecule has 0 aliphatic heterocycles. The van der Waals surface area contributed by atoms with Gasteiger partial charge in [0, 0.05) is 27.8 Å². The maximum Gasteiger partial charge on any atom is 0.188 e. The van der Waals surface area contributed by atoms with Gasteiger partial charge in [0.05, 0.1) is 17.6 Å². The molecular weight excluding hydrogens is 695 g/mol. The molecule has 0 aliphatic carbocycles. The second-order valence-electron chi connectivity index (χ2n) is 14.0. The third-order valence-corrected chi connectivity index (χ3v) is 10.5. The number of aromatic nitrogens is 4. The number of para-hydroxylation sites is 1. The van der Waals surface area contributed by atoms with Crippen LogP contribution in [0.25, 0.3) is 99.9 Å². The van der Waals surface area contributed by atoms with Crippen molar-refractivity contribution in [3.63, 3.8) is 0 Å². The summed E-state index contributed by atoms with van der Waals surface area (Å²) in [4.78, 5) is 18.8. The van der Waals surface area contributed by atoms with Gasteiger partial charge < -0.3 is 4.57 Å². The van der Waals surface area contributed by atoms with Gasteiger partial charge in [-0.2, -0.15) is 0 Å². The van der Waals surface area contributed by atoms with Gasteiger partial charge in [0.25, 0.3) is 0 Å². The zero-order valence-electron chi connectivity index (χ0n) is 30.8. The number of nitrogens with zero attached hydrogens (tertiary/aromatic N) is 5. The van der Waals surface area contributed by atoms with Crippen LogP contribution in [0.3, 0.4) is 0 Å². The number of benzene rings is 8. The Morgan fingerprint density at radius 2 is 0.684 bits per heavy atom. The van der Waals surface area contributed by atoms with Crippen molar-refractivity contribution < 1.29 is 0 Å². The molecule has 2 heterocycles. The summed E-state index contributed by atoms with van der Waals surface area (Å²) >= 11 is 0. The molecule has 0 fully saturated rings. The Morgan fingerprint density at radius 1 is 0.333 bits per heavy atom. The van der Waals surface area contributed by atoms with E-state index < -0.39 is 0 Å². The van der Waals surface area contributed by atoms with E-state index in [0.717, 1.165) is 77.6 Å². The quantitative estimate of drug-likeness (QED) is 0.154. The molecule has 0 atom stereocenters. The number of hydrogen-bond acceptors (Lipinski definition) is 3. The van der Waals surface area contributed by atoms with Crippen LogP contribution in [0.5, 0.6) is 0 Å². The zero-order valence-corrected chi connectivity index (χ0v) is 30.8. The lowest BCUT2D eigenvalue weighted by molar-refractivity contribution is 1.07. The molecular formula is C52H33N5. The topological polar surface area (TPSA) is 48.0 Å². The van der Waals surface area contributed by atoms with Crippen molar-refractivity contribution in [2.75, 3.05) is 0 Å². The molecule has 10 rings (SSSR count). The molecule has 0 amide bonds. The van der Waals surface area contributed by atoms with E-state index in [1.807, 2.05) is 30.3 Å². The first-order chi connectivity index (χ1) is 28.2. The second kappa shape index (κ2) is 14.4. The van der Waals surface area contributed by atoms with Crippen LogP contribution in [0.15, 0.2) is 200 Å². The average molecular weight is 728 g/mol. The third kappa shape index (κ3) is 6.42. The summed E-state index contributed by atoms with van der Waals surface area (Å²) in [6.07, 6.45) is 0. The maximum absolute atomic E-state index is 7.68. The molecule has 0 unspecified atom stereocenters. The van der Waals surface area contributed by atoms with Crippen LogP contribution in [0.2, 0.25) is 0 Å². The molecule has 0 radical (unpaired) electrons. The summed E-state index contributed by atoms with van der Waals surface area (Å²) in [6.45, 7) is 7.68. The third-order valence-electron chi connectivity index (χ3n) is 10.5. The Kier molecular flexibility index (Phi) is 8.48. The van der Waals surface area contributed by atoms with Crippen molar-refractivity contribution in [2.24, 2.45) is 0 Å². The molecule has 2 aromatic heterocycles. The van der Waals surface area contributed by atoms with E-state index in [-0.39, 0.29) is 0 Å². The molecule has 0 spiro atoms. The van der Waals surface area contributed by atoms with Gasteiger partial charge >= 0.3 is 0 Å². The van der Waals surface area contributed by atoms with Gasteiger partial charge in [-0.25, -0.2) is 19.8 Å². The van der Waals surface area contributed by atoms with Crippen molar-refractivity contribution in [1.82, 2.24) is 19.5 Å². The monoisotopic (exact) mass is 727 g/mol. The van der Waals surface area contributed by atoms with Crippen molar-refractivity contribution in [3.8, 4) is 73.2 Å². The van der Waals surface area contributed by atoms with Crippen LogP contribution < -0.4 is 0 Å². The lowest BCUT2D eigenvalue weighted by atomic mass is 10.0. The normalized spacial score (nSPS) is 11.1. The van der Waals surface area contributed by atoms with Crippen LogP contribution >= 0.6 is 0 Å². The number of rotatable bonds is 7. The van der Waals surface area contributed by atoms with Crippen LogP contribution in [-0.4, -0.2) is 19.5 Å². The molecule has 0 bridgehead atoms. The minimum absolute atomic E-state index is 0.605. The summed E-state index contributed by atoms with van der Waals surface area (Å²) in [5.74, 6) is 1.84. The number of hydrogen-bond donors (Lipinski definition) is 0. The minimum atomic E-state index is 0.605. The van der Waals surface area contributed by atoms with Gasteiger partial charge in [0.15, 0.2) is 23.2 Å². The molecule has 0 N–H and O–H groups in total. The van der Waals surface area contributed by atoms with Crippen molar-refractivity contribution in [1.29, 1.82) is 0 Å². The van der Waals surface area contributed by atoms with E-state index >= 15 is 0 Å². The van der Waals surface area contributed by atoms with Crippen LogP contribution in [-0.2, 0) is 0 Å². The SMILES string of the molecule is [C-]#[N+]c1ccc2c(c1)c1cc(-c3ccc(-c4nc(-c5ccc(-c6ccccc6)cc5)nc(-c5ccc(-c6ccccc6)cc5)n4)cc3)ccc1n2-c1ccccc1. The van der Waals surface area contributed by atoms with Gasteiger partial charge in [-0.1, -0.05) is 164 Å². The second-order valence-corrected chi connectivity index (χ2v) is 14.0. The van der Waals surface area contributed by atoms with Crippen LogP contribution in [0.4, 0.5) is 5.69 Å². The maximum atomic E-state index is 7.68. The smallest absolute Gasteiger partial charge is 0.188 e. The highest BCUT2D eigenvalue weighted by molar-refractivity contribution is 6.11. The summed E-state index contributed by atoms with van der Waals surface area (Å²) in [5.41, 5.74) is 13.4. The predicted molar refractivity (Wildman–Crippen MR) is 233 cm³/mol. The van der Waals surface area contributed by atoms with E-state index in [9.17, 15) is 0 Å². The van der Waals surface area contributed by atoms with Gasteiger partial charge in [-0.15, -0.1) is 0 Å². The Labute approximate surface area is 330 Å². The van der Waals surface area contributed by atoms with Gasteiger partial charge in [-0.05, 0) is 75.2 Å². The van der Waals surface area contributed by atoms with E-state index in [2.05, 4.69) is 179 Å². The summed E-state index contributed by atoms with van der Waals surface area (Å²) in [5, 5.41) is 2.16. The van der Waals surface area contributed by atoms with Crippen molar-refractivity contribution in [3.05, 3.63) is 212 Å². The molecule has 8 aromatic carbocycles. The zero-order chi connectivity index (χ0) is 38.1. The molecule has 57 heavy (non-hydrogen) atoms. The van der Waals surface area contributed by atoms with Crippen molar-refractivity contribution >= 4 is 27.5 Å². The molecule has 5 nitrogen and oxygen atoms in total. The lowest BCUT2D eigenvalue weighted by Crippen LogP contribution is -2.00. The lowest BCUT2D eigenvalue weighted by Gasteiger charge is -2.11. The molecule has 0 saturated carbocycles. The number of fused-ring (bicyclic) bond motifs is 3. The fourth-order valence-electron chi connectivity index (χ4n) is 7.58. The predicted octanol–water partition coefficient (Wildman–Crippen LogP) is 13.5. The van der Waals surface area contributed by atoms with Gasteiger partial charge in [-0.3, -0.25) is 0 Å². The minimum Gasteiger partial charge on any atom is -0.309 e. The Bertz CT molecular complexity index is 2970. The first-order valence-electron chi connectivity index (χ1n) is 18.9. The molecule has 0 aliphatic rings. The van der Waals surface area contributed by atoms with Gasteiger partial charge in [0.1, 0.15) is 0 Å². The average Bonchev–Trinajstić information content (AvgIpc) is 3.63. The van der Waals surface area contributed by atoms with Crippen LogP contribution in [0, 0.1) is 6.57 Å². The largest absolute Gasteiger partial charge is 0.309 e. The highest BCUT2D eigenvalue weighted by Gasteiger charge is 2.16. The van der Waals surface area contributed by atoms with E-state index in [4.69, 9.17) is 21.5 Å². The summed E-state index contributed by atoms with van der Waals surface area (Å²) in [6, 6.07) is 68.9. The van der Waals surface area contributed by atoms with Crippen LogP contribution in [0.1, 0.15) is 0 Å². The Hall–Kier alpha value is -7.94. The summed E-state index contributed by atoms with van der Waals surface area (Å²) in [7, 11) is 0. The Balaban J connectivity index is 1.04. The standard InChI is InChI=1S/C52H33N5/c1-53-44-30-32-49-47(34-44)46-33-43(29-31-48(46)57(49)45-15-9-4-10-16-45)39-21-27-42(28-22-39)52-55-50(40-23-17-37(18-24-40)35-11-5-2-6-12-35)54-51(56-52)41-25-19-38(20-26-41)36-13-7-3-8-14-36/h2-34H. The van der Waals surface area contributed by atoms with Gasteiger partial charge in [0.2, 0.25) is 0 Å². The fourth-order valence-corrected chi connectivity index (χ4v) is 7.58. The van der Waals surface area contributed by atoms with E-state index in [0.29, 0.717) is 23.2 Å². The summed E-state index contributed by atoms with van der Waals surface area (Å²) < 4.78 is 2.27.